The van der Waals surface area contributed by atoms with Gasteiger partial charge in [-0.2, -0.15) is 13.2 Å². The molecule has 24 heavy (non-hydrogen) atoms. The van der Waals surface area contributed by atoms with Gasteiger partial charge in [-0.05, 0) is 43.5 Å². The van der Waals surface area contributed by atoms with Crippen LogP contribution >= 0.6 is 0 Å². The highest BCUT2D eigenvalue weighted by atomic mass is 19.4. The van der Waals surface area contributed by atoms with E-state index < -0.39 is 11.7 Å². The average Bonchev–Trinajstić information content (AvgIpc) is 2.73. The summed E-state index contributed by atoms with van der Waals surface area (Å²) < 4.78 is 37.8. The summed E-state index contributed by atoms with van der Waals surface area (Å²) in [6, 6.07) is 2.41. The van der Waals surface area contributed by atoms with Crippen LogP contribution in [0.2, 0.25) is 0 Å². The first-order valence-electron chi connectivity index (χ1n) is 7.77. The molecule has 1 N–H and O–H groups in total. The molecule has 0 unspecified atom stereocenters. The number of aryl methyl sites for hydroxylation is 1. The topological polar surface area (TPSA) is 49.0 Å². The molecular weight excluding hydrogens is 319 g/mol. The minimum Gasteiger partial charge on any atom is -0.354 e. The van der Waals surface area contributed by atoms with E-state index in [1.807, 2.05) is 13.8 Å². The predicted octanol–water partition coefficient (Wildman–Crippen LogP) is 3.48. The van der Waals surface area contributed by atoms with Crippen LogP contribution in [0.5, 0.6) is 0 Å². The molecule has 0 aliphatic carbocycles. The van der Waals surface area contributed by atoms with Crippen molar-refractivity contribution in [2.24, 2.45) is 0 Å². The third-order valence-electron chi connectivity index (χ3n) is 4.46. The number of likely N-dealkylation sites (tertiary alicyclic amines) is 1. The molecule has 0 aromatic carbocycles. The Balaban J connectivity index is 1.82. The molecule has 1 aliphatic rings. The minimum atomic E-state index is -4.39. The van der Waals surface area contributed by atoms with Crippen molar-refractivity contribution in [1.29, 1.82) is 0 Å². The van der Waals surface area contributed by atoms with Crippen LogP contribution in [0.3, 0.4) is 0 Å². The summed E-state index contributed by atoms with van der Waals surface area (Å²) >= 11 is 0. The molecule has 128 valence electrons. The molecule has 0 spiro atoms. The number of pyridine rings is 1. The van der Waals surface area contributed by atoms with Crippen molar-refractivity contribution < 1.29 is 18.0 Å². The smallest absolute Gasteiger partial charge is 0.354 e. The summed E-state index contributed by atoms with van der Waals surface area (Å²) in [5.74, 6) is -0.0199. The number of hydrogen-bond donors (Lipinski definition) is 1. The van der Waals surface area contributed by atoms with Crippen molar-refractivity contribution in [3.8, 4) is 0 Å². The molecule has 0 radical (unpaired) electrons. The average molecular weight is 337 g/mol. The number of aromatic nitrogens is 2. The Morgan fingerprint density at radius 2 is 2.00 bits per heavy atom. The standard InChI is InChI=1S/C17H18F3N3O/c1-10-14(8-13-5-4-12(9-21-13)17(18,19)20)11(2)22-15(10)16(24)23-6-3-7-23/h4-5,9,22H,3,6-8H2,1-2H3. The van der Waals surface area contributed by atoms with Gasteiger partial charge in [0.2, 0.25) is 0 Å². The van der Waals surface area contributed by atoms with Gasteiger partial charge in [-0.1, -0.05) is 0 Å². The molecule has 1 amide bonds. The molecule has 0 atom stereocenters. The van der Waals surface area contributed by atoms with Gasteiger partial charge in [0.15, 0.2) is 0 Å². The molecule has 1 aliphatic heterocycles. The maximum Gasteiger partial charge on any atom is 0.417 e. The van der Waals surface area contributed by atoms with Crippen molar-refractivity contribution in [3.63, 3.8) is 0 Å². The summed E-state index contributed by atoms with van der Waals surface area (Å²) in [7, 11) is 0. The van der Waals surface area contributed by atoms with Crippen LogP contribution in [0, 0.1) is 13.8 Å². The molecule has 0 bridgehead atoms. The van der Waals surface area contributed by atoms with Crippen LogP contribution in [-0.4, -0.2) is 33.9 Å². The minimum absolute atomic E-state index is 0.0199. The second-order valence-corrected chi connectivity index (χ2v) is 6.09. The quantitative estimate of drug-likeness (QED) is 0.932. The zero-order valence-corrected chi connectivity index (χ0v) is 13.5. The first-order valence-corrected chi connectivity index (χ1v) is 7.77. The monoisotopic (exact) mass is 337 g/mol. The maximum atomic E-state index is 12.6. The number of nitrogens with one attached hydrogen (secondary N) is 1. The fourth-order valence-electron chi connectivity index (χ4n) is 2.82. The van der Waals surface area contributed by atoms with Crippen LogP contribution in [-0.2, 0) is 12.6 Å². The van der Waals surface area contributed by atoms with Crippen molar-refractivity contribution in [2.45, 2.75) is 32.9 Å². The molecule has 3 rings (SSSR count). The Morgan fingerprint density at radius 1 is 1.29 bits per heavy atom. The third kappa shape index (κ3) is 3.02. The van der Waals surface area contributed by atoms with Crippen molar-refractivity contribution in [1.82, 2.24) is 14.9 Å². The van der Waals surface area contributed by atoms with Gasteiger partial charge in [0.25, 0.3) is 5.91 Å². The Labute approximate surface area is 137 Å². The summed E-state index contributed by atoms with van der Waals surface area (Å²) in [5.41, 5.74) is 2.93. The fourth-order valence-corrected chi connectivity index (χ4v) is 2.82. The number of carbonyl (C=O) groups is 1. The molecule has 0 saturated carbocycles. The van der Waals surface area contributed by atoms with E-state index in [1.54, 1.807) is 4.90 Å². The van der Waals surface area contributed by atoms with Crippen molar-refractivity contribution in [2.75, 3.05) is 13.1 Å². The third-order valence-corrected chi connectivity index (χ3v) is 4.46. The zero-order valence-electron chi connectivity index (χ0n) is 13.5. The normalized spacial score (nSPS) is 14.6. The number of carbonyl (C=O) groups excluding carboxylic acids is 1. The number of nitrogens with zero attached hydrogens (tertiary/aromatic N) is 2. The maximum absolute atomic E-state index is 12.6. The van der Waals surface area contributed by atoms with Gasteiger partial charge < -0.3 is 9.88 Å². The van der Waals surface area contributed by atoms with Crippen LogP contribution in [0.25, 0.3) is 0 Å². The summed E-state index contributed by atoms with van der Waals surface area (Å²) in [5, 5.41) is 0. The van der Waals surface area contributed by atoms with E-state index >= 15 is 0 Å². The van der Waals surface area contributed by atoms with E-state index in [4.69, 9.17) is 0 Å². The molecule has 3 heterocycles. The lowest BCUT2D eigenvalue weighted by Gasteiger charge is -2.30. The molecule has 4 nitrogen and oxygen atoms in total. The van der Waals surface area contributed by atoms with Gasteiger partial charge in [0, 0.05) is 37.1 Å². The van der Waals surface area contributed by atoms with Crippen LogP contribution < -0.4 is 0 Å². The number of alkyl halides is 3. The van der Waals surface area contributed by atoms with Gasteiger partial charge >= 0.3 is 6.18 Å². The Kier molecular flexibility index (Phi) is 4.11. The summed E-state index contributed by atoms with van der Waals surface area (Å²) in [4.78, 5) is 21.2. The SMILES string of the molecule is Cc1[nH]c(C(=O)N2CCC2)c(C)c1Cc1ccc(C(F)(F)F)cn1. The lowest BCUT2D eigenvalue weighted by Crippen LogP contribution is -2.42. The summed E-state index contributed by atoms with van der Waals surface area (Å²) in [6.45, 7) is 5.26. The van der Waals surface area contributed by atoms with Crippen molar-refractivity contribution in [3.05, 3.63) is 52.1 Å². The number of amides is 1. The first-order chi connectivity index (χ1) is 11.3. The van der Waals surface area contributed by atoms with E-state index in [2.05, 4.69) is 9.97 Å². The van der Waals surface area contributed by atoms with Gasteiger partial charge in [-0.3, -0.25) is 9.78 Å². The molecular formula is C17H18F3N3O. The number of H-pyrrole nitrogens is 1. The Morgan fingerprint density at radius 3 is 2.50 bits per heavy atom. The predicted molar refractivity (Wildman–Crippen MR) is 82.8 cm³/mol. The van der Waals surface area contributed by atoms with Crippen LogP contribution in [0.15, 0.2) is 18.3 Å². The fraction of sp³-hybridized carbons (Fsp3) is 0.412. The molecule has 1 saturated heterocycles. The van der Waals surface area contributed by atoms with E-state index in [1.165, 1.54) is 6.07 Å². The van der Waals surface area contributed by atoms with Crippen LogP contribution in [0.4, 0.5) is 13.2 Å². The van der Waals surface area contributed by atoms with E-state index in [9.17, 15) is 18.0 Å². The van der Waals surface area contributed by atoms with E-state index in [0.29, 0.717) is 17.8 Å². The van der Waals surface area contributed by atoms with Crippen LogP contribution in [0.1, 0.15) is 45.0 Å². The highest BCUT2D eigenvalue weighted by Gasteiger charge is 2.31. The van der Waals surface area contributed by atoms with E-state index in [0.717, 1.165) is 48.6 Å². The van der Waals surface area contributed by atoms with Gasteiger partial charge in [0.05, 0.1) is 5.56 Å². The second kappa shape index (κ2) is 5.96. The summed E-state index contributed by atoms with van der Waals surface area (Å²) in [6.07, 6.45) is -2.13. The molecule has 7 heteroatoms. The lowest BCUT2D eigenvalue weighted by molar-refractivity contribution is -0.137. The number of halogens is 3. The molecule has 2 aromatic rings. The second-order valence-electron chi connectivity index (χ2n) is 6.09. The van der Waals surface area contributed by atoms with Crippen molar-refractivity contribution >= 4 is 5.91 Å². The number of aromatic amines is 1. The van der Waals surface area contributed by atoms with Gasteiger partial charge in [-0.15, -0.1) is 0 Å². The Hall–Kier alpha value is -2.31. The Bertz CT molecular complexity index is 759. The number of rotatable bonds is 3. The first kappa shape index (κ1) is 16.5. The number of hydrogen-bond acceptors (Lipinski definition) is 2. The largest absolute Gasteiger partial charge is 0.417 e. The van der Waals surface area contributed by atoms with Gasteiger partial charge in [0.1, 0.15) is 5.69 Å². The highest BCUT2D eigenvalue weighted by Crippen LogP contribution is 2.29. The van der Waals surface area contributed by atoms with E-state index in [-0.39, 0.29) is 5.91 Å². The highest BCUT2D eigenvalue weighted by molar-refractivity contribution is 5.95. The lowest BCUT2D eigenvalue weighted by atomic mass is 10.0. The molecule has 1 fully saturated rings. The molecule has 2 aromatic heterocycles. The zero-order chi connectivity index (χ0) is 17.5. The van der Waals surface area contributed by atoms with Gasteiger partial charge in [-0.25, -0.2) is 0 Å².